The van der Waals surface area contributed by atoms with Crippen molar-refractivity contribution in [2.75, 3.05) is 0 Å². The zero-order chi connectivity index (χ0) is 18.0. The van der Waals surface area contributed by atoms with Gasteiger partial charge in [0.25, 0.3) is 0 Å². The molecule has 0 spiro atoms. The minimum absolute atomic E-state index is 0.181. The molecule has 1 aromatic carbocycles. The number of hydrogen-bond acceptors (Lipinski definition) is 1. The molecule has 0 saturated heterocycles. The van der Waals surface area contributed by atoms with E-state index < -0.39 is 19.8 Å². The molecule has 0 heterocycles. The summed E-state index contributed by atoms with van der Waals surface area (Å²) in [4.78, 5) is 0. The fraction of sp³-hybridized carbons (Fsp3) is 0.727. The van der Waals surface area contributed by atoms with Gasteiger partial charge in [0, 0.05) is 0 Å². The molecule has 0 fully saturated rings. The number of aryl methyl sites for hydroxylation is 1. The van der Waals surface area contributed by atoms with Gasteiger partial charge in [-0.3, -0.25) is 0 Å². The number of benzene rings is 1. The van der Waals surface area contributed by atoms with E-state index in [0.717, 1.165) is 24.8 Å². The Kier molecular flexibility index (Phi) is 17.5. The van der Waals surface area contributed by atoms with E-state index in [2.05, 4.69) is 27.7 Å². The van der Waals surface area contributed by atoms with Crippen molar-refractivity contribution in [1.82, 2.24) is 0 Å². The Morgan fingerprint density at radius 1 is 0.708 bits per heavy atom. The summed E-state index contributed by atoms with van der Waals surface area (Å²) in [6, 6.07) is 7.26. The van der Waals surface area contributed by atoms with Crippen molar-refractivity contribution in [3.05, 3.63) is 29.8 Å². The van der Waals surface area contributed by atoms with Crippen LogP contribution in [0.1, 0.15) is 84.6 Å². The van der Waals surface area contributed by atoms with Crippen molar-refractivity contribution in [3.8, 4) is 5.75 Å². The number of unbranched alkanes of at least 4 members (excludes halogenated alkanes) is 4. The van der Waals surface area contributed by atoms with Crippen molar-refractivity contribution in [3.63, 3.8) is 0 Å². The standard InChI is InChI=1S/C10H14O.3C4H9.Sn/c1-2-3-6-9-7-4-5-8-10(9)11;3*1-3-4-2;/h4-5,7-8,11H,2-3,6H2,1H3;3*1,3-4H2,2H3;/q;;;;+1/p-1. The average Bonchev–Trinajstić information content (AvgIpc) is 2.61. The van der Waals surface area contributed by atoms with Crippen molar-refractivity contribution in [1.29, 1.82) is 0 Å². The Balaban J connectivity index is 0.000000446. The predicted molar refractivity (Wildman–Crippen MR) is 109 cm³/mol. The van der Waals surface area contributed by atoms with E-state index in [9.17, 15) is 5.11 Å². The second-order valence-corrected chi connectivity index (χ2v) is 15.3. The van der Waals surface area contributed by atoms with E-state index in [1.165, 1.54) is 38.5 Å². The second-order valence-electron chi connectivity index (χ2n) is 6.77. The molecule has 0 N–H and O–H groups in total. The quantitative estimate of drug-likeness (QED) is 0.322. The summed E-state index contributed by atoms with van der Waals surface area (Å²) in [5, 5.41) is 11.1. The Morgan fingerprint density at radius 3 is 1.58 bits per heavy atom. The van der Waals surface area contributed by atoms with E-state index in [0.29, 0.717) is 0 Å². The third-order valence-electron chi connectivity index (χ3n) is 4.42. The second kappa shape index (κ2) is 17.6. The van der Waals surface area contributed by atoms with Gasteiger partial charge >= 0.3 is 92.4 Å². The molecule has 0 unspecified atom stereocenters. The van der Waals surface area contributed by atoms with Gasteiger partial charge in [0.1, 0.15) is 0 Å². The Hall–Kier alpha value is -0.181. The molecule has 0 radical (unpaired) electrons. The number of hydrogen-bond donors (Lipinski definition) is 0. The van der Waals surface area contributed by atoms with E-state index in [1.54, 1.807) is 25.4 Å². The van der Waals surface area contributed by atoms with Gasteiger partial charge in [-0.1, -0.05) is 43.2 Å². The zero-order valence-corrected chi connectivity index (χ0v) is 19.6. The fourth-order valence-electron chi connectivity index (χ4n) is 2.73. The molecule has 0 saturated carbocycles. The Labute approximate surface area is 159 Å². The molecule has 1 aromatic rings. The van der Waals surface area contributed by atoms with Gasteiger partial charge in [-0.05, 0) is 12.8 Å². The van der Waals surface area contributed by atoms with Crippen LogP contribution in [0.15, 0.2) is 24.3 Å². The molecule has 0 aromatic heterocycles. The van der Waals surface area contributed by atoms with Gasteiger partial charge in [-0.25, -0.2) is 0 Å². The minimum atomic E-state index is -0.839. The molecule has 2 heteroatoms. The van der Waals surface area contributed by atoms with Crippen LogP contribution in [0.25, 0.3) is 0 Å². The van der Waals surface area contributed by atoms with Crippen molar-refractivity contribution < 1.29 is 5.11 Å². The average molecular weight is 439 g/mol. The van der Waals surface area contributed by atoms with Gasteiger partial charge < -0.3 is 5.11 Å². The summed E-state index contributed by atoms with van der Waals surface area (Å²) in [6.07, 6.45) is 12.0. The number of para-hydroxylation sites is 1. The fourth-order valence-corrected chi connectivity index (χ4v) is 12.2. The van der Waals surface area contributed by atoms with E-state index in [1.807, 2.05) is 12.1 Å². The van der Waals surface area contributed by atoms with Crippen LogP contribution in [0.3, 0.4) is 0 Å². The summed E-state index contributed by atoms with van der Waals surface area (Å²) in [5.74, 6) is 0.181. The van der Waals surface area contributed by atoms with Crippen molar-refractivity contribution in [2.24, 2.45) is 0 Å². The van der Waals surface area contributed by atoms with Gasteiger partial charge in [0.05, 0.1) is 0 Å². The first-order chi connectivity index (χ1) is 11.7. The van der Waals surface area contributed by atoms with Gasteiger partial charge in [-0.15, -0.1) is 5.75 Å². The van der Waals surface area contributed by atoms with Crippen molar-refractivity contribution >= 4 is 19.8 Å². The van der Waals surface area contributed by atoms with Gasteiger partial charge in [0.15, 0.2) is 0 Å². The zero-order valence-electron chi connectivity index (χ0n) is 16.7. The molecule has 1 nitrogen and oxygen atoms in total. The number of rotatable bonds is 12. The van der Waals surface area contributed by atoms with Crippen LogP contribution >= 0.6 is 0 Å². The topological polar surface area (TPSA) is 23.1 Å². The van der Waals surface area contributed by atoms with Crippen LogP contribution in [-0.4, -0.2) is 19.8 Å². The van der Waals surface area contributed by atoms with E-state index in [-0.39, 0.29) is 5.75 Å². The van der Waals surface area contributed by atoms with Crippen molar-refractivity contribution in [2.45, 2.75) is 98.8 Å². The Morgan fingerprint density at radius 2 is 1.17 bits per heavy atom. The first-order valence-electron chi connectivity index (χ1n) is 10.3. The summed E-state index contributed by atoms with van der Waals surface area (Å²) in [7, 11) is 0. The predicted octanol–water partition coefficient (Wildman–Crippen LogP) is 6.98. The maximum atomic E-state index is 11.1. The van der Waals surface area contributed by atoms with Crippen LogP contribution in [0, 0.1) is 0 Å². The van der Waals surface area contributed by atoms with Gasteiger partial charge in [-0.2, -0.15) is 0 Å². The third kappa shape index (κ3) is 13.1. The molecule has 138 valence electrons. The molecular weight excluding hydrogens is 399 g/mol. The normalized spacial score (nSPS) is 10.2. The summed E-state index contributed by atoms with van der Waals surface area (Å²) < 4.78 is 5.04. The monoisotopic (exact) mass is 440 g/mol. The molecule has 0 bridgehead atoms. The molecule has 0 aliphatic rings. The first kappa shape index (κ1) is 23.8. The Bertz CT molecular complexity index is 359. The van der Waals surface area contributed by atoms with Crippen LogP contribution < -0.4 is 5.11 Å². The van der Waals surface area contributed by atoms with Crippen LogP contribution in [0.2, 0.25) is 13.3 Å². The van der Waals surface area contributed by atoms with E-state index >= 15 is 0 Å². The van der Waals surface area contributed by atoms with Crippen LogP contribution in [0.5, 0.6) is 5.75 Å². The molecule has 0 aliphatic heterocycles. The third-order valence-corrected chi connectivity index (χ3v) is 13.5. The first-order valence-corrected chi connectivity index (χ1v) is 16.3. The molecular formula is C22H40OSn. The van der Waals surface area contributed by atoms with Gasteiger partial charge in [0.2, 0.25) is 0 Å². The summed E-state index contributed by atoms with van der Waals surface area (Å²) in [5.41, 5.74) is 0.953. The summed E-state index contributed by atoms with van der Waals surface area (Å²) >= 11 is -0.839. The maximum absolute atomic E-state index is 11.1. The summed E-state index contributed by atoms with van der Waals surface area (Å²) in [6.45, 7) is 9.13. The van der Waals surface area contributed by atoms with Crippen LogP contribution in [0.4, 0.5) is 0 Å². The van der Waals surface area contributed by atoms with Crippen LogP contribution in [-0.2, 0) is 6.42 Å². The molecule has 0 aliphatic carbocycles. The SMILES string of the molecule is CCCCc1ccccc1[O-].CCC[CH2][Sn+]([CH2]CCC)[CH2]CCC. The molecule has 1 rings (SSSR count). The molecule has 0 amide bonds. The van der Waals surface area contributed by atoms with E-state index in [4.69, 9.17) is 0 Å². The molecule has 24 heavy (non-hydrogen) atoms. The molecule has 0 atom stereocenters.